The van der Waals surface area contributed by atoms with Crippen LogP contribution in [-0.2, 0) is 18.7 Å². The summed E-state index contributed by atoms with van der Waals surface area (Å²) >= 11 is 0. The van der Waals surface area contributed by atoms with E-state index >= 15 is 0 Å². The molecule has 4 fully saturated rings. The predicted molar refractivity (Wildman–Crippen MR) is 183 cm³/mol. The van der Waals surface area contributed by atoms with Gasteiger partial charge in [0.15, 0.2) is 14.4 Å². The highest BCUT2D eigenvalue weighted by molar-refractivity contribution is 6.74. The van der Waals surface area contributed by atoms with Crippen LogP contribution in [0.3, 0.4) is 0 Å². The molecule has 1 heterocycles. The van der Waals surface area contributed by atoms with Crippen molar-refractivity contribution < 1.29 is 23.8 Å². The molecule has 0 bridgehead atoms. The first-order chi connectivity index (χ1) is 20.4. The van der Waals surface area contributed by atoms with E-state index in [-0.39, 0.29) is 33.9 Å². The SMILES string of the molecule is CC(=O)OC(C1CC(C)C2=C(O1)C(O[Si](C)(C)C(C)(C)C)C1(C)C3CCC4C(C)(C)CCCC45C(C)C35CCC21C)C(C)(C)O. The number of fused-ring (bicyclic) bond motifs is 3. The van der Waals surface area contributed by atoms with Crippen LogP contribution in [0.25, 0.3) is 0 Å². The van der Waals surface area contributed by atoms with Crippen LogP contribution in [0.1, 0.15) is 134 Å². The Morgan fingerprint density at radius 3 is 2.13 bits per heavy atom. The van der Waals surface area contributed by atoms with Gasteiger partial charge in [0.2, 0.25) is 0 Å². The van der Waals surface area contributed by atoms with Crippen molar-refractivity contribution in [3.05, 3.63) is 11.3 Å². The molecule has 6 heteroatoms. The fourth-order valence-electron chi connectivity index (χ4n) is 13.1. The maximum absolute atomic E-state index is 12.3. The normalized spacial score (nSPS) is 46.1. The minimum Gasteiger partial charge on any atom is -0.488 e. The minimum absolute atomic E-state index is 0.0259. The average molecular weight is 643 g/mol. The van der Waals surface area contributed by atoms with Crippen LogP contribution in [-0.4, -0.2) is 43.3 Å². The zero-order chi connectivity index (χ0) is 33.6. The largest absolute Gasteiger partial charge is 0.488 e. The number of rotatable bonds is 5. The number of carbonyl (C=O) groups is 1. The Hall–Kier alpha value is -0.853. The molecule has 5 aliphatic carbocycles. The third-order valence-electron chi connectivity index (χ3n) is 16.2. The third kappa shape index (κ3) is 4.25. The highest BCUT2D eigenvalue weighted by atomic mass is 28.4. The highest BCUT2D eigenvalue weighted by Gasteiger charge is 2.86. The van der Waals surface area contributed by atoms with Crippen molar-refractivity contribution in [3.63, 3.8) is 0 Å². The fourth-order valence-corrected chi connectivity index (χ4v) is 14.4. The van der Waals surface area contributed by atoms with E-state index in [2.05, 4.69) is 75.4 Å². The summed E-state index contributed by atoms with van der Waals surface area (Å²) < 4.78 is 20.8. The summed E-state index contributed by atoms with van der Waals surface area (Å²) in [5.74, 6) is 3.05. The molecule has 11 atom stereocenters. The van der Waals surface area contributed by atoms with Crippen molar-refractivity contribution in [2.45, 2.75) is 176 Å². The van der Waals surface area contributed by atoms with Gasteiger partial charge in [-0.05, 0) is 122 Å². The molecule has 0 aromatic heterocycles. The number of ether oxygens (including phenoxy) is 2. The van der Waals surface area contributed by atoms with Crippen molar-refractivity contribution >= 4 is 14.3 Å². The Morgan fingerprint density at radius 2 is 1.56 bits per heavy atom. The van der Waals surface area contributed by atoms with Gasteiger partial charge < -0.3 is 19.0 Å². The quantitative estimate of drug-likeness (QED) is 0.239. The van der Waals surface area contributed by atoms with Crippen LogP contribution in [0.4, 0.5) is 0 Å². The average Bonchev–Trinajstić information content (AvgIpc) is 3.34. The summed E-state index contributed by atoms with van der Waals surface area (Å²) in [4.78, 5) is 12.3. The molecule has 0 amide bonds. The van der Waals surface area contributed by atoms with Gasteiger partial charge in [0.25, 0.3) is 0 Å². The number of aliphatic hydroxyl groups is 1. The summed E-state index contributed by atoms with van der Waals surface area (Å²) in [5, 5.41) is 11.3. The minimum atomic E-state index is -2.23. The van der Waals surface area contributed by atoms with Gasteiger partial charge in [0, 0.05) is 17.8 Å². The second-order valence-electron chi connectivity index (χ2n) is 20.0. The van der Waals surface area contributed by atoms with Crippen LogP contribution < -0.4 is 0 Å². The number of allylic oxidation sites excluding steroid dienone is 1. The summed E-state index contributed by atoms with van der Waals surface area (Å²) in [5.41, 5.74) is 1.37. The van der Waals surface area contributed by atoms with E-state index in [1.165, 1.54) is 57.4 Å². The molecule has 6 aliphatic rings. The Bertz CT molecular complexity index is 1270. The number of hydrogen-bond acceptors (Lipinski definition) is 5. The lowest BCUT2D eigenvalue weighted by atomic mass is 9.41. The lowest BCUT2D eigenvalue weighted by Crippen LogP contribution is -2.61. The fraction of sp³-hybridized carbons (Fsp3) is 0.923. The molecular weight excluding hydrogens is 577 g/mol. The predicted octanol–water partition coefficient (Wildman–Crippen LogP) is 9.44. The van der Waals surface area contributed by atoms with E-state index in [0.717, 1.165) is 24.0 Å². The van der Waals surface area contributed by atoms with Gasteiger partial charge in [-0.2, -0.15) is 0 Å². The standard InChI is InChI=1S/C39H66O5Si/c1-23-22-26(31(35(9,10)41)42-25(3)40)43-30-29(23)36(11)20-21-39-24(2)38(39)19-15-18-34(7,8)27(38)16-17-28(39)37(36,12)32(30)44-45(13,14)33(4,5)6/h23-24,26-28,31-32,41H,15-22H2,1-14H3. The summed E-state index contributed by atoms with van der Waals surface area (Å²) in [6.07, 6.45) is 8.67. The molecular formula is C39H66O5Si. The van der Waals surface area contributed by atoms with Gasteiger partial charge in [-0.15, -0.1) is 0 Å². The van der Waals surface area contributed by atoms with Crippen LogP contribution in [0.15, 0.2) is 11.3 Å². The van der Waals surface area contributed by atoms with Gasteiger partial charge >= 0.3 is 5.97 Å². The molecule has 256 valence electrons. The Kier molecular flexibility index (Phi) is 7.46. The van der Waals surface area contributed by atoms with Gasteiger partial charge in [-0.1, -0.05) is 68.7 Å². The molecule has 0 aromatic rings. The van der Waals surface area contributed by atoms with Gasteiger partial charge in [-0.25, -0.2) is 0 Å². The van der Waals surface area contributed by atoms with Crippen molar-refractivity contribution in [1.82, 2.24) is 0 Å². The maximum atomic E-state index is 12.3. The van der Waals surface area contributed by atoms with Crippen molar-refractivity contribution in [3.8, 4) is 0 Å². The smallest absolute Gasteiger partial charge is 0.303 e. The van der Waals surface area contributed by atoms with Crippen LogP contribution in [0.5, 0.6) is 0 Å². The highest BCUT2D eigenvalue weighted by Crippen LogP contribution is 2.91. The van der Waals surface area contributed by atoms with Crippen LogP contribution in [0, 0.1) is 50.7 Å². The van der Waals surface area contributed by atoms with Gasteiger partial charge in [0.1, 0.15) is 18.0 Å². The van der Waals surface area contributed by atoms with E-state index in [0.29, 0.717) is 22.2 Å². The lowest BCUT2D eigenvalue weighted by molar-refractivity contribution is -0.181. The monoisotopic (exact) mass is 642 g/mol. The Morgan fingerprint density at radius 1 is 0.956 bits per heavy atom. The Balaban J connectivity index is 1.49. The molecule has 5 nitrogen and oxygen atoms in total. The molecule has 1 aliphatic heterocycles. The summed E-state index contributed by atoms with van der Waals surface area (Å²) in [6, 6.07) is 0. The summed E-state index contributed by atoms with van der Waals surface area (Å²) in [7, 11) is -2.23. The van der Waals surface area contributed by atoms with Gasteiger partial charge in [0.05, 0.1) is 5.60 Å². The lowest BCUT2D eigenvalue weighted by Gasteiger charge is -2.63. The first-order valence-electron chi connectivity index (χ1n) is 18.4. The van der Waals surface area contributed by atoms with Crippen molar-refractivity contribution in [1.29, 1.82) is 0 Å². The molecule has 4 saturated carbocycles. The second kappa shape index (κ2) is 9.86. The third-order valence-corrected chi connectivity index (χ3v) is 20.6. The van der Waals surface area contributed by atoms with E-state index < -0.39 is 26.1 Å². The van der Waals surface area contributed by atoms with E-state index in [9.17, 15) is 9.90 Å². The number of carbonyl (C=O) groups excluding carboxylic acids is 1. The second-order valence-corrected chi connectivity index (χ2v) is 24.7. The zero-order valence-corrected chi connectivity index (χ0v) is 32.3. The van der Waals surface area contributed by atoms with Crippen molar-refractivity contribution in [2.75, 3.05) is 0 Å². The molecule has 0 saturated heterocycles. The molecule has 0 aromatic carbocycles. The first-order valence-corrected chi connectivity index (χ1v) is 21.3. The maximum Gasteiger partial charge on any atom is 0.303 e. The van der Waals surface area contributed by atoms with Gasteiger partial charge in [-0.3, -0.25) is 4.79 Å². The first kappa shape index (κ1) is 34.0. The molecule has 11 unspecified atom stereocenters. The Labute approximate surface area is 276 Å². The van der Waals surface area contributed by atoms with Crippen LogP contribution in [0.2, 0.25) is 18.1 Å². The molecule has 1 N–H and O–H groups in total. The summed E-state index contributed by atoms with van der Waals surface area (Å²) in [6.45, 7) is 32.1. The topological polar surface area (TPSA) is 65.0 Å². The molecule has 45 heavy (non-hydrogen) atoms. The van der Waals surface area contributed by atoms with Crippen LogP contribution >= 0.6 is 0 Å². The zero-order valence-electron chi connectivity index (χ0n) is 31.3. The van der Waals surface area contributed by atoms with E-state index in [1.807, 2.05) is 0 Å². The van der Waals surface area contributed by atoms with E-state index in [1.54, 1.807) is 13.8 Å². The molecule has 2 spiro atoms. The molecule has 6 rings (SSSR count). The molecule has 0 radical (unpaired) electrons. The number of hydrogen-bond donors (Lipinski definition) is 1. The number of esters is 1. The van der Waals surface area contributed by atoms with Crippen molar-refractivity contribution in [2.24, 2.45) is 50.7 Å². The van der Waals surface area contributed by atoms with E-state index in [4.69, 9.17) is 13.9 Å².